The molecule has 0 aliphatic heterocycles. The molecule has 0 radical (unpaired) electrons. The summed E-state index contributed by atoms with van der Waals surface area (Å²) in [6.45, 7) is 2.63. The summed E-state index contributed by atoms with van der Waals surface area (Å²) in [5.41, 5.74) is 2.46. The van der Waals surface area contributed by atoms with E-state index in [-0.39, 0.29) is 11.9 Å². The number of benzene rings is 1. The first kappa shape index (κ1) is 16.6. The number of imidazole rings is 1. The Kier molecular flexibility index (Phi) is 5.20. The van der Waals surface area contributed by atoms with Crippen LogP contribution in [0.4, 0.5) is 0 Å². The number of carbonyl (C=O) groups excluding carboxylic acids is 1. The second kappa shape index (κ2) is 7.53. The highest BCUT2D eigenvalue weighted by Gasteiger charge is 2.20. The standard InChI is InChI=1S/C17H21N5OS/c1-3-22-15(8-10-18-22)17(23)21-14(9-11-24-2)16-19-12-6-4-5-7-13(12)20-16/h4-8,10,14H,3,9,11H2,1-2H3,(H,19,20)(H,21,23)/t14-/m1/s1. The molecule has 2 N–H and O–H groups in total. The third kappa shape index (κ3) is 3.46. The van der Waals surface area contributed by atoms with Gasteiger partial charge in [0.05, 0.1) is 17.1 Å². The van der Waals surface area contributed by atoms with Crippen molar-refractivity contribution in [3.8, 4) is 0 Å². The Balaban J connectivity index is 1.84. The summed E-state index contributed by atoms with van der Waals surface area (Å²) >= 11 is 1.75. The van der Waals surface area contributed by atoms with E-state index in [4.69, 9.17) is 0 Å². The van der Waals surface area contributed by atoms with Crippen LogP contribution in [0.1, 0.15) is 35.7 Å². The molecule has 0 unspecified atom stereocenters. The molecule has 6 nitrogen and oxygen atoms in total. The second-order valence-electron chi connectivity index (χ2n) is 5.48. The third-order valence-electron chi connectivity index (χ3n) is 3.90. The number of amides is 1. The molecule has 2 aromatic heterocycles. The van der Waals surface area contributed by atoms with E-state index in [0.717, 1.165) is 29.0 Å². The predicted molar refractivity (Wildman–Crippen MR) is 97.2 cm³/mol. The maximum Gasteiger partial charge on any atom is 0.270 e. The molecule has 0 aliphatic rings. The van der Waals surface area contributed by atoms with Crippen LogP contribution < -0.4 is 5.32 Å². The van der Waals surface area contributed by atoms with Crippen molar-refractivity contribution < 1.29 is 4.79 Å². The number of aromatic nitrogens is 4. The lowest BCUT2D eigenvalue weighted by Crippen LogP contribution is -2.31. The molecule has 3 aromatic rings. The number of hydrogen-bond donors (Lipinski definition) is 2. The molecule has 126 valence electrons. The van der Waals surface area contributed by atoms with Gasteiger partial charge in [-0.3, -0.25) is 9.48 Å². The molecule has 7 heteroatoms. The van der Waals surface area contributed by atoms with Gasteiger partial charge in [-0.1, -0.05) is 12.1 Å². The van der Waals surface area contributed by atoms with Crippen molar-refractivity contribution in [1.82, 2.24) is 25.1 Å². The quantitative estimate of drug-likeness (QED) is 0.691. The van der Waals surface area contributed by atoms with E-state index in [9.17, 15) is 4.79 Å². The number of H-pyrrole nitrogens is 1. The van der Waals surface area contributed by atoms with Crippen LogP contribution in [-0.4, -0.2) is 37.7 Å². The minimum atomic E-state index is -0.155. The van der Waals surface area contributed by atoms with Gasteiger partial charge in [-0.05, 0) is 43.6 Å². The average Bonchev–Trinajstić information content (AvgIpc) is 3.24. The van der Waals surface area contributed by atoms with Crippen molar-refractivity contribution in [3.05, 3.63) is 48.0 Å². The Morgan fingerprint density at radius 1 is 1.38 bits per heavy atom. The number of rotatable bonds is 7. The number of nitrogens with zero attached hydrogens (tertiary/aromatic N) is 3. The van der Waals surface area contributed by atoms with Crippen molar-refractivity contribution in [2.24, 2.45) is 0 Å². The lowest BCUT2D eigenvalue weighted by atomic mass is 10.2. The van der Waals surface area contributed by atoms with Gasteiger partial charge >= 0.3 is 0 Å². The zero-order chi connectivity index (χ0) is 16.9. The van der Waals surface area contributed by atoms with Crippen molar-refractivity contribution in [2.45, 2.75) is 25.9 Å². The van der Waals surface area contributed by atoms with Gasteiger partial charge in [0.1, 0.15) is 11.5 Å². The van der Waals surface area contributed by atoms with E-state index in [0.29, 0.717) is 12.2 Å². The van der Waals surface area contributed by atoms with Crippen LogP contribution in [-0.2, 0) is 6.54 Å². The van der Waals surface area contributed by atoms with E-state index >= 15 is 0 Å². The van der Waals surface area contributed by atoms with E-state index in [1.165, 1.54) is 0 Å². The summed E-state index contributed by atoms with van der Waals surface area (Å²) in [6.07, 6.45) is 4.52. The third-order valence-corrected chi connectivity index (χ3v) is 4.55. The highest BCUT2D eigenvalue weighted by Crippen LogP contribution is 2.20. The molecule has 1 aromatic carbocycles. The number of hydrogen-bond acceptors (Lipinski definition) is 4. The zero-order valence-corrected chi connectivity index (χ0v) is 14.6. The number of carbonyl (C=O) groups is 1. The van der Waals surface area contributed by atoms with E-state index in [1.54, 1.807) is 28.7 Å². The molecule has 1 amide bonds. The lowest BCUT2D eigenvalue weighted by Gasteiger charge is -2.16. The molecule has 3 rings (SSSR count). The van der Waals surface area contributed by atoms with E-state index < -0.39 is 0 Å². The largest absolute Gasteiger partial charge is 0.341 e. The number of fused-ring (bicyclic) bond motifs is 1. The predicted octanol–water partition coefficient (Wildman–Crippen LogP) is 3.00. The average molecular weight is 343 g/mol. The van der Waals surface area contributed by atoms with Crippen molar-refractivity contribution in [3.63, 3.8) is 0 Å². The summed E-state index contributed by atoms with van der Waals surface area (Å²) < 4.78 is 1.69. The maximum atomic E-state index is 12.6. The van der Waals surface area contributed by atoms with Gasteiger partial charge in [0.15, 0.2) is 0 Å². The molecule has 0 fully saturated rings. The fraction of sp³-hybridized carbons (Fsp3) is 0.353. The van der Waals surface area contributed by atoms with Gasteiger partial charge in [0.25, 0.3) is 5.91 Å². The number of aromatic amines is 1. The van der Waals surface area contributed by atoms with Crippen LogP contribution >= 0.6 is 11.8 Å². The van der Waals surface area contributed by atoms with Crippen molar-refractivity contribution in [1.29, 1.82) is 0 Å². The number of nitrogens with one attached hydrogen (secondary N) is 2. The van der Waals surface area contributed by atoms with Crippen molar-refractivity contribution >= 4 is 28.7 Å². The number of thioether (sulfide) groups is 1. The van der Waals surface area contributed by atoms with Crippen LogP contribution in [0.5, 0.6) is 0 Å². The first-order chi connectivity index (χ1) is 11.7. The highest BCUT2D eigenvalue weighted by molar-refractivity contribution is 7.98. The minimum absolute atomic E-state index is 0.124. The van der Waals surface area contributed by atoms with Crippen LogP contribution in [0.3, 0.4) is 0 Å². The summed E-state index contributed by atoms with van der Waals surface area (Å²) in [5.74, 6) is 1.61. The molecule has 0 saturated carbocycles. The van der Waals surface area contributed by atoms with E-state index in [2.05, 4.69) is 26.6 Å². The normalized spacial score (nSPS) is 12.4. The molecular weight excluding hydrogens is 322 g/mol. The molecule has 1 atom stereocenters. The van der Waals surface area contributed by atoms with Crippen LogP contribution in [0.15, 0.2) is 36.5 Å². The molecule has 24 heavy (non-hydrogen) atoms. The van der Waals surface area contributed by atoms with Gasteiger partial charge in [0.2, 0.25) is 0 Å². The van der Waals surface area contributed by atoms with Gasteiger partial charge in [0, 0.05) is 12.7 Å². The highest BCUT2D eigenvalue weighted by atomic mass is 32.2. The fourth-order valence-corrected chi connectivity index (χ4v) is 3.13. The molecule has 2 heterocycles. The Hall–Kier alpha value is -2.28. The summed E-state index contributed by atoms with van der Waals surface area (Å²) in [4.78, 5) is 20.6. The van der Waals surface area contributed by atoms with Crippen molar-refractivity contribution in [2.75, 3.05) is 12.0 Å². The van der Waals surface area contributed by atoms with Crippen LogP contribution in [0, 0.1) is 0 Å². The Morgan fingerprint density at radius 2 is 2.21 bits per heavy atom. The number of para-hydroxylation sites is 2. The van der Waals surface area contributed by atoms with Gasteiger partial charge in [-0.2, -0.15) is 16.9 Å². The summed E-state index contributed by atoms with van der Waals surface area (Å²) in [5, 5.41) is 7.26. The summed E-state index contributed by atoms with van der Waals surface area (Å²) in [6, 6.07) is 9.48. The SMILES string of the molecule is CCn1nccc1C(=O)N[C@H](CCSC)c1nc2ccccc2[nH]1. The monoisotopic (exact) mass is 343 g/mol. The lowest BCUT2D eigenvalue weighted by molar-refractivity contribution is 0.0923. The number of aryl methyl sites for hydroxylation is 1. The van der Waals surface area contributed by atoms with Crippen LogP contribution in [0.2, 0.25) is 0 Å². The van der Waals surface area contributed by atoms with Crippen LogP contribution in [0.25, 0.3) is 11.0 Å². The molecule has 0 saturated heterocycles. The smallest absolute Gasteiger partial charge is 0.270 e. The first-order valence-corrected chi connectivity index (χ1v) is 9.38. The first-order valence-electron chi connectivity index (χ1n) is 7.99. The fourth-order valence-electron chi connectivity index (χ4n) is 2.66. The topological polar surface area (TPSA) is 75.6 Å². The van der Waals surface area contributed by atoms with Gasteiger partial charge in [-0.15, -0.1) is 0 Å². The zero-order valence-electron chi connectivity index (χ0n) is 13.8. The Labute approximate surface area is 145 Å². The Morgan fingerprint density at radius 3 is 2.96 bits per heavy atom. The molecule has 0 aliphatic carbocycles. The molecule has 0 bridgehead atoms. The minimum Gasteiger partial charge on any atom is -0.341 e. The molecule has 0 spiro atoms. The van der Waals surface area contributed by atoms with E-state index in [1.807, 2.05) is 31.2 Å². The summed E-state index contributed by atoms with van der Waals surface area (Å²) in [7, 11) is 0. The van der Waals surface area contributed by atoms with Gasteiger partial charge < -0.3 is 10.3 Å². The maximum absolute atomic E-state index is 12.6. The van der Waals surface area contributed by atoms with Gasteiger partial charge in [-0.25, -0.2) is 4.98 Å². The molecular formula is C17H21N5OS. The Bertz CT molecular complexity index is 792. The second-order valence-corrected chi connectivity index (χ2v) is 6.46.